The maximum atomic E-state index is 13.3. The van der Waals surface area contributed by atoms with Crippen molar-refractivity contribution in [2.45, 2.75) is 24.5 Å². The Morgan fingerprint density at radius 1 is 1.35 bits per heavy atom. The van der Waals surface area contributed by atoms with Crippen LogP contribution in [0.3, 0.4) is 0 Å². The Bertz CT molecular complexity index is 818. The van der Waals surface area contributed by atoms with Crippen LogP contribution in [-0.2, 0) is 28.3 Å². The Balaban J connectivity index is 2.02. The van der Waals surface area contributed by atoms with Gasteiger partial charge in [0, 0.05) is 37.0 Å². The molecule has 0 amide bonds. The fourth-order valence-electron chi connectivity index (χ4n) is 2.71. The third-order valence-corrected chi connectivity index (χ3v) is 6.24. The van der Waals surface area contributed by atoms with Crippen LogP contribution in [0.25, 0.3) is 10.6 Å². The molecule has 26 heavy (non-hydrogen) atoms. The first-order valence-electron chi connectivity index (χ1n) is 7.93. The van der Waals surface area contributed by atoms with E-state index in [0.717, 1.165) is 24.2 Å². The molecular formula is C16H18F3N3O2S2. The van der Waals surface area contributed by atoms with E-state index in [-0.39, 0.29) is 11.5 Å². The summed E-state index contributed by atoms with van der Waals surface area (Å²) in [7, 11) is -1.30. The van der Waals surface area contributed by atoms with Crippen LogP contribution in [0, 0.1) is 6.92 Å². The van der Waals surface area contributed by atoms with Crippen molar-refractivity contribution in [3.63, 3.8) is 0 Å². The van der Waals surface area contributed by atoms with Crippen LogP contribution < -0.4 is 0 Å². The highest BCUT2D eigenvalue weighted by atomic mass is 32.2. The lowest BCUT2D eigenvalue weighted by molar-refractivity contribution is -0.137. The highest BCUT2D eigenvalue weighted by Gasteiger charge is 2.36. The van der Waals surface area contributed by atoms with Crippen LogP contribution in [0.2, 0.25) is 0 Å². The maximum Gasteiger partial charge on any atom is 0.420 e. The second kappa shape index (κ2) is 7.71. The van der Waals surface area contributed by atoms with E-state index in [1.165, 1.54) is 17.6 Å². The minimum Gasteiger partial charge on any atom is -0.379 e. The number of alkyl halides is 3. The fraction of sp³-hybridized carbons (Fsp3) is 0.500. The van der Waals surface area contributed by atoms with Gasteiger partial charge in [0.1, 0.15) is 11.4 Å². The van der Waals surface area contributed by atoms with Crippen molar-refractivity contribution in [3.8, 4) is 10.6 Å². The molecule has 0 aromatic carbocycles. The van der Waals surface area contributed by atoms with Crippen LogP contribution in [-0.4, -0.2) is 51.6 Å². The van der Waals surface area contributed by atoms with Gasteiger partial charge in [0.05, 0.1) is 39.5 Å². The second-order valence-corrected chi connectivity index (χ2v) is 8.40. The summed E-state index contributed by atoms with van der Waals surface area (Å²) < 4.78 is 57.5. The number of aromatic nitrogens is 2. The number of ether oxygens (including phenoxy) is 1. The average Bonchev–Trinajstić information content (AvgIpc) is 2.98. The molecule has 2 aromatic heterocycles. The third kappa shape index (κ3) is 4.30. The number of hydrogen-bond acceptors (Lipinski definition) is 6. The molecule has 0 spiro atoms. The van der Waals surface area contributed by atoms with Gasteiger partial charge in [-0.2, -0.15) is 13.2 Å². The van der Waals surface area contributed by atoms with Crippen molar-refractivity contribution in [1.29, 1.82) is 0 Å². The lowest BCUT2D eigenvalue weighted by Crippen LogP contribution is -2.35. The number of rotatable bonds is 4. The van der Waals surface area contributed by atoms with Gasteiger partial charge in [-0.05, 0) is 13.0 Å². The largest absolute Gasteiger partial charge is 0.420 e. The molecule has 0 aliphatic carbocycles. The second-order valence-electron chi connectivity index (χ2n) is 5.92. The SMILES string of the molecule is Cc1ncc(C(F)(F)F)c(-c2cc(S(C)=O)c(CN3CCOCC3)s2)n1. The van der Waals surface area contributed by atoms with E-state index in [2.05, 4.69) is 14.9 Å². The van der Waals surface area contributed by atoms with Gasteiger partial charge in [-0.1, -0.05) is 0 Å². The summed E-state index contributed by atoms with van der Waals surface area (Å²) in [6.07, 6.45) is -2.21. The molecule has 1 aliphatic rings. The van der Waals surface area contributed by atoms with E-state index >= 15 is 0 Å². The summed E-state index contributed by atoms with van der Waals surface area (Å²) in [5.74, 6) is 0.260. The fourth-order valence-corrected chi connectivity index (χ4v) is 5.03. The maximum absolute atomic E-state index is 13.3. The molecule has 142 valence electrons. The van der Waals surface area contributed by atoms with Crippen LogP contribution in [0.5, 0.6) is 0 Å². The van der Waals surface area contributed by atoms with E-state index in [4.69, 9.17) is 4.74 Å². The van der Waals surface area contributed by atoms with Gasteiger partial charge in [-0.25, -0.2) is 9.97 Å². The van der Waals surface area contributed by atoms with Crippen molar-refractivity contribution >= 4 is 22.1 Å². The van der Waals surface area contributed by atoms with E-state index in [1.807, 2.05) is 0 Å². The van der Waals surface area contributed by atoms with Gasteiger partial charge in [-0.15, -0.1) is 11.3 Å². The van der Waals surface area contributed by atoms with Crippen LogP contribution >= 0.6 is 11.3 Å². The molecule has 0 N–H and O–H groups in total. The summed E-state index contributed by atoms with van der Waals surface area (Å²) >= 11 is 1.21. The number of hydrogen-bond donors (Lipinski definition) is 0. The molecule has 2 aromatic rings. The predicted molar refractivity (Wildman–Crippen MR) is 93.5 cm³/mol. The van der Waals surface area contributed by atoms with Crippen molar-refractivity contribution < 1.29 is 22.1 Å². The first-order chi connectivity index (χ1) is 12.3. The zero-order valence-corrected chi connectivity index (χ0v) is 15.9. The monoisotopic (exact) mass is 405 g/mol. The molecule has 10 heteroatoms. The quantitative estimate of drug-likeness (QED) is 0.783. The van der Waals surface area contributed by atoms with E-state index in [0.29, 0.717) is 29.5 Å². The molecular weight excluding hydrogens is 387 g/mol. The third-order valence-electron chi connectivity index (χ3n) is 4.00. The Kier molecular flexibility index (Phi) is 5.75. The number of morpholine rings is 1. The molecule has 1 aliphatic heterocycles. The average molecular weight is 405 g/mol. The Morgan fingerprint density at radius 2 is 2.04 bits per heavy atom. The topological polar surface area (TPSA) is 55.3 Å². The van der Waals surface area contributed by atoms with Crippen molar-refractivity contribution in [2.24, 2.45) is 0 Å². The van der Waals surface area contributed by atoms with Crippen molar-refractivity contribution in [1.82, 2.24) is 14.9 Å². The highest BCUT2D eigenvalue weighted by molar-refractivity contribution is 7.84. The molecule has 1 fully saturated rings. The van der Waals surface area contributed by atoms with Crippen LogP contribution in [0.15, 0.2) is 17.2 Å². The van der Waals surface area contributed by atoms with E-state index < -0.39 is 22.5 Å². The zero-order chi connectivity index (χ0) is 18.9. The first-order valence-corrected chi connectivity index (χ1v) is 10.3. The van der Waals surface area contributed by atoms with Crippen molar-refractivity contribution in [3.05, 3.63) is 28.5 Å². The minimum absolute atomic E-state index is 0.157. The van der Waals surface area contributed by atoms with Gasteiger partial charge >= 0.3 is 6.18 Å². The highest BCUT2D eigenvalue weighted by Crippen LogP contribution is 2.40. The summed E-state index contributed by atoms with van der Waals surface area (Å²) in [6.45, 7) is 4.80. The number of nitrogens with zero attached hydrogens (tertiary/aromatic N) is 3. The Morgan fingerprint density at radius 3 is 2.65 bits per heavy atom. The number of aryl methyl sites for hydroxylation is 1. The molecule has 1 atom stereocenters. The van der Waals surface area contributed by atoms with Gasteiger partial charge in [0.15, 0.2) is 0 Å². The summed E-state index contributed by atoms with van der Waals surface area (Å²) in [5.41, 5.74) is -1.04. The summed E-state index contributed by atoms with van der Waals surface area (Å²) in [5, 5.41) is 0. The number of halogens is 3. The first kappa shape index (κ1) is 19.4. The predicted octanol–water partition coefficient (Wildman–Crippen LogP) is 3.10. The van der Waals surface area contributed by atoms with Crippen molar-refractivity contribution in [2.75, 3.05) is 32.6 Å². The van der Waals surface area contributed by atoms with Crippen LogP contribution in [0.1, 0.15) is 16.3 Å². The molecule has 1 unspecified atom stereocenters. The standard InChI is InChI=1S/C16H18F3N3O2S2/c1-10-20-8-11(16(17,18)19)15(21-10)12-7-14(26(2)23)13(25-12)9-22-3-5-24-6-4-22/h7-8H,3-6,9H2,1-2H3. The molecule has 1 saturated heterocycles. The van der Waals surface area contributed by atoms with Gasteiger partial charge in [0.2, 0.25) is 0 Å². The number of thiophene rings is 1. The summed E-state index contributed by atoms with van der Waals surface area (Å²) in [6, 6.07) is 1.56. The van der Waals surface area contributed by atoms with Gasteiger partial charge in [0.25, 0.3) is 0 Å². The normalized spacial score (nSPS) is 17.4. The molecule has 3 heterocycles. The molecule has 0 bridgehead atoms. The lowest BCUT2D eigenvalue weighted by Gasteiger charge is -2.26. The molecule has 0 radical (unpaired) electrons. The smallest absolute Gasteiger partial charge is 0.379 e. The molecule has 5 nitrogen and oxygen atoms in total. The van der Waals surface area contributed by atoms with E-state index in [1.54, 1.807) is 13.0 Å². The Hall–Kier alpha value is -1.36. The zero-order valence-electron chi connectivity index (χ0n) is 14.3. The van der Waals surface area contributed by atoms with Crippen LogP contribution in [0.4, 0.5) is 13.2 Å². The minimum atomic E-state index is -4.55. The van der Waals surface area contributed by atoms with Gasteiger partial charge in [-0.3, -0.25) is 9.11 Å². The Labute approximate surface area is 155 Å². The molecule has 3 rings (SSSR count). The lowest BCUT2D eigenvalue weighted by atomic mass is 10.2. The van der Waals surface area contributed by atoms with E-state index in [9.17, 15) is 17.4 Å². The molecule has 0 saturated carbocycles. The van der Waals surface area contributed by atoms with Gasteiger partial charge < -0.3 is 4.74 Å². The summed E-state index contributed by atoms with van der Waals surface area (Å²) in [4.78, 5) is 11.6.